The molecular formula is C17H19NO4. The van der Waals surface area contributed by atoms with Crippen LogP contribution in [0.3, 0.4) is 0 Å². The van der Waals surface area contributed by atoms with Crippen molar-refractivity contribution in [1.82, 2.24) is 5.32 Å². The molecule has 22 heavy (non-hydrogen) atoms. The fourth-order valence-corrected chi connectivity index (χ4v) is 2.09. The zero-order valence-corrected chi connectivity index (χ0v) is 12.4. The van der Waals surface area contributed by atoms with E-state index in [1.165, 1.54) is 0 Å². The van der Waals surface area contributed by atoms with Crippen LogP contribution in [0.25, 0.3) is 0 Å². The maximum absolute atomic E-state index is 10.8. The maximum atomic E-state index is 10.8. The molecule has 0 spiro atoms. The van der Waals surface area contributed by atoms with Crippen LogP contribution < -0.4 is 10.1 Å². The summed E-state index contributed by atoms with van der Waals surface area (Å²) in [6.45, 7) is 3.44. The van der Waals surface area contributed by atoms with E-state index < -0.39 is 5.97 Å². The van der Waals surface area contributed by atoms with Crippen molar-refractivity contribution in [3.8, 4) is 11.5 Å². The van der Waals surface area contributed by atoms with Gasteiger partial charge in [-0.2, -0.15) is 0 Å². The molecule has 0 aliphatic heterocycles. The molecule has 2 aromatic rings. The number of ether oxygens (including phenoxy) is 1. The standard InChI is InChI=1S/C17H19NO4/c1-2-22-15-5-3-4-14(16(15)19)11-18-10-12-6-8-13(9-7-12)17(20)21/h3-9,18-19H,2,10-11H2,1H3,(H,20,21). The summed E-state index contributed by atoms with van der Waals surface area (Å²) in [5.41, 5.74) is 2.00. The van der Waals surface area contributed by atoms with Crippen LogP contribution in [-0.4, -0.2) is 22.8 Å². The Kier molecular flexibility index (Phi) is 5.38. The van der Waals surface area contributed by atoms with Crippen LogP contribution in [0.5, 0.6) is 11.5 Å². The van der Waals surface area contributed by atoms with Gasteiger partial charge in [0.2, 0.25) is 0 Å². The molecule has 116 valence electrons. The Labute approximate surface area is 129 Å². The number of aromatic hydroxyl groups is 1. The second-order valence-corrected chi connectivity index (χ2v) is 4.80. The highest BCUT2D eigenvalue weighted by atomic mass is 16.5. The summed E-state index contributed by atoms with van der Waals surface area (Å²) in [5.74, 6) is -0.303. The third-order valence-electron chi connectivity index (χ3n) is 3.23. The van der Waals surface area contributed by atoms with Crippen LogP contribution >= 0.6 is 0 Å². The van der Waals surface area contributed by atoms with Gasteiger partial charge in [0.15, 0.2) is 11.5 Å². The largest absolute Gasteiger partial charge is 0.504 e. The lowest BCUT2D eigenvalue weighted by atomic mass is 10.1. The molecule has 0 aromatic heterocycles. The maximum Gasteiger partial charge on any atom is 0.335 e. The molecule has 0 unspecified atom stereocenters. The van der Waals surface area contributed by atoms with E-state index >= 15 is 0 Å². The minimum atomic E-state index is -0.933. The zero-order chi connectivity index (χ0) is 15.9. The normalized spacial score (nSPS) is 10.4. The Bertz CT molecular complexity index is 638. The predicted molar refractivity (Wildman–Crippen MR) is 83.2 cm³/mol. The van der Waals surface area contributed by atoms with E-state index in [9.17, 15) is 9.90 Å². The van der Waals surface area contributed by atoms with E-state index in [2.05, 4.69) is 5.32 Å². The lowest BCUT2D eigenvalue weighted by Crippen LogP contribution is -2.13. The first-order valence-electron chi connectivity index (χ1n) is 7.08. The van der Waals surface area contributed by atoms with E-state index in [1.807, 2.05) is 19.1 Å². The first kappa shape index (κ1) is 15.9. The first-order valence-corrected chi connectivity index (χ1v) is 7.08. The predicted octanol–water partition coefficient (Wildman–Crippen LogP) is 2.78. The molecule has 3 N–H and O–H groups in total. The summed E-state index contributed by atoms with van der Waals surface area (Å²) in [5, 5.41) is 22.1. The van der Waals surface area contributed by atoms with E-state index in [0.29, 0.717) is 25.4 Å². The number of rotatable bonds is 7. The number of hydrogen-bond acceptors (Lipinski definition) is 4. The van der Waals surface area contributed by atoms with Gasteiger partial charge in [-0.15, -0.1) is 0 Å². The van der Waals surface area contributed by atoms with Crippen molar-refractivity contribution < 1.29 is 19.7 Å². The molecule has 0 bridgehead atoms. The number of para-hydroxylation sites is 1. The summed E-state index contributed by atoms with van der Waals surface area (Å²) in [6, 6.07) is 12.1. The van der Waals surface area contributed by atoms with Crippen LogP contribution in [0.15, 0.2) is 42.5 Å². The molecule has 0 heterocycles. The second-order valence-electron chi connectivity index (χ2n) is 4.80. The molecule has 2 aromatic carbocycles. The lowest BCUT2D eigenvalue weighted by Gasteiger charge is -2.11. The van der Waals surface area contributed by atoms with E-state index in [4.69, 9.17) is 9.84 Å². The topological polar surface area (TPSA) is 78.8 Å². The summed E-state index contributed by atoms with van der Waals surface area (Å²) >= 11 is 0. The number of carboxylic acid groups (broad SMARTS) is 1. The highest BCUT2D eigenvalue weighted by molar-refractivity contribution is 5.87. The number of phenols is 1. The molecule has 0 saturated heterocycles. The van der Waals surface area contributed by atoms with Crippen LogP contribution in [0, 0.1) is 0 Å². The number of benzene rings is 2. The van der Waals surface area contributed by atoms with Crippen LogP contribution in [0.1, 0.15) is 28.4 Å². The van der Waals surface area contributed by atoms with Crippen molar-refractivity contribution in [3.63, 3.8) is 0 Å². The van der Waals surface area contributed by atoms with Gasteiger partial charge in [0.05, 0.1) is 12.2 Å². The summed E-state index contributed by atoms with van der Waals surface area (Å²) in [4.78, 5) is 10.8. The van der Waals surface area contributed by atoms with Crippen molar-refractivity contribution >= 4 is 5.97 Å². The third-order valence-corrected chi connectivity index (χ3v) is 3.23. The van der Waals surface area contributed by atoms with Gasteiger partial charge in [0.1, 0.15) is 0 Å². The molecule has 0 amide bonds. The quantitative estimate of drug-likeness (QED) is 0.733. The number of carbonyl (C=O) groups is 1. The molecule has 0 aliphatic rings. The smallest absolute Gasteiger partial charge is 0.335 e. The summed E-state index contributed by atoms with van der Waals surface area (Å²) < 4.78 is 5.34. The second kappa shape index (κ2) is 7.47. The van der Waals surface area contributed by atoms with E-state index in [0.717, 1.165) is 11.1 Å². The third kappa shape index (κ3) is 3.99. The summed E-state index contributed by atoms with van der Waals surface area (Å²) in [7, 11) is 0. The average Bonchev–Trinajstić information content (AvgIpc) is 2.51. The average molecular weight is 301 g/mol. The molecule has 5 heteroatoms. The molecule has 0 atom stereocenters. The molecule has 0 aliphatic carbocycles. The highest BCUT2D eigenvalue weighted by Crippen LogP contribution is 2.29. The number of hydrogen-bond donors (Lipinski definition) is 3. The Morgan fingerprint density at radius 3 is 2.50 bits per heavy atom. The van der Waals surface area contributed by atoms with E-state index in [-0.39, 0.29) is 11.3 Å². The van der Waals surface area contributed by atoms with Crippen molar-refractivity contribution in [2.45, 2.75) is 20.0 Å². The van der Waals surface area contributed by atoms with Crippen molar-refractivity contribution in [2.24, 2.45) is 0 Å². The van der Waals surface area contributed by atoms with Gasteiger partial charge in [0.25, 0.3) is 0 Å². The van der Waals surface area contributed by atoms with Gasteiger partial charge >= 0.3 is 5.97 Å². The zero-order valence-electron chi connectivity index (χ0n) is 12.4. The van der Waals surface area contributed by atoms with Crippen LogP contribution in [0.4, 0.5) is 0 Å². The van der Waals surface area contributed by atoms with Gasteiger partial charge in [-0.25, -0.2) is 4.79 Å². The summed E-state index contributed by atoms with van der Waals surface area (Å²) in [6.07, 6.45) is 0. The Balaban J connectivity index is 1.93. The van der Waals surface area contributed by atoms with Gasteiger partial charge < -0.3 is 20.3 Å². The highest BCUT2D eigenvalue weighted by Gasteiger charge is 2.07. The number of carboxylic acids is 1. The minimum Gasteiger partial charge on any atom is -0.504 e. The van der Waals surface area contributed by atoms with Gasteiger partial charge in [-0.1, -0.05) is 24.3 Å². The van der Waals surface area contributed by atoms with Crippen LogP contribution in [0.2, 0.25) is 0 Å². The van der Waals surface area contributed by atoms with Crippen LogP contribution in [-0.2, 0) is 13.1 Å². The molecule has 5 nitrogen and oxygen atoms in total. The number of nitrogens with one attached hydrogen (secondary N) is 1. The fraction of sp³-hybridized carbons (Fsp3) is 0.235. The molecule has 0 radical (unpaired) electrons. The van der Waals surface area contributed by atoms with Crippen molar-refractivity contribution in [3.05, 3.63) is 59.2 Å². The minimum absolute atomic E-state index is 0.151. The molecular weight excluding hydrogens is 282 g/mol. The van der Waals surface area contributed by atoms with E-state index in [1.54, 1.807) is 30.3 Å². The molecule has 0 fully saturated rings. The Morgan fingerprint density at radius 1 is 1.14 bits per heavy atom. The van der Waals surface area contributed by atoms with Gasteiger partial charge in [-0.05, 0) is 30.7 Å². The van der Waals surface area contributed by atoms with Crippen molar-refractivity contribution in [2.75, 3.05) is 6.61 Å². The van der Waals surface area contributed by atoms with Crippen molar-refractivity contribution in [1.29, 1.82) is 0 Å². The monoisotopic (exact) mass is 301 g/mol. The molecule has 2 rings (SSSR count). The Morgan fingerprint density at radius 2 is 1.86 bits per heavy atom. The SMILES string of the molecule is CCOc1cccc(CNCc2ccc(C(=O)O)cc2)c1O. The molecule has 0 saturated carbocycles. The lowest BCUT2D eigenvalue weighted by molar-refractivity contribution is 0.0697. The van der Waals surface area contributed by atoms with Gasteiger partial charge in [0, 0.05) is 18.7 Å². The number of aromatic carboxylic acids is 1. The Hall–Kier alpha value is -2.53. The number of phenolic OH excluding ortho intramolecular Hbond substituents is 1. The first-order chi connectivity index (χ1) is 10.6. The fourth-order valence-electron chi connectivity index (χ4n) is 2.09. The van der Waals surface area contributed by atoms with Gasteiger partial charge in [-0.3, -0.25) is 0 Å².